The number of halogens is 1. The van der Waals surface area contributed by atoms with Crippen LogP contribution in [-0.4, -0.2) is 24.2 Å². The molecule has 3 aromatic carbocycles. The third-order valence-electron chi connectivity index (χ3n) is 4.43. The summed E-state index contributed by atoms with van der Waals surface area (Å²) in [5.41, 5.74) is 2.16. The van der Waals surface area contributed by atoms with Crippen LogP contribution in [0.3, 0.4) is 0 Å². The van der Waals surface area contributed by atoms with Crippen LogP contribution in [0.25, 0.3) is 0 Å². The van der Waals surface area contributed by atoms with Gasteiger partial charge in [0.25, 0.3) is 0 Å². The van der Waals surface area contributed by atoms with E-state index in [-0.39, 0.29) is 17.1 Å². The molecule has 1 atom stereocenters. The van der Waals surface area contributed by atoms with E-state index in [1.807, 2.05) is 61.5 Å². The van der Waals surface area contributed by atoms with Gasteiger partial charge in [0.2, 0.25) is 11.8 Å². The minimum atomic E-state index is -0.376. The highest BCUT2D eigenvalue weighted by atomic mass is 35.5. The maximum atomic E-state index is 12.7. The molecule has 0 saturated carbocycles. The zero-order valence-corrected chi connectivity index (χ0v) is 18.8. The second-order valence-corrected chi connectivity index (χ2v) is 8.68. The Hall–Kier alpha value is -2.96. The van der Waals surface area contributed by atoms with Crippen LogP contribution in [0.4, 0.5) is 11.4 Å². The van der Waals surface area contributed by atoms with Crippen LogP contribution in [0.1, 0.15) is 12.5 Å². The van der Waals surface area contributed by atoms with Crippen LogP contribution in [0, 0.1) is 0 Å². The zero-order chi connectivity index (χ0) is 22.2. The smallest absolute Gasteiger partial charge is 0.237 e. The maximum Gasteiger partial charge on any atom is 0.237 e. The summed E-state index contributed by atoms with van der Waals surface area (Å²) in [5, 5.41) is 5.90. The van der Waals surface area contributed by atoms with Crippen LogP contribution in [0.15, 0.2) is 77.7 Å². The Labute approximate surface area is 191 Å². The number of rotatable bonds is 8. The molecule has 5 nitrogen and oxygen atoms in total. The van der Waals surface area contributed by atoms with Gasteiger partial charge in [-0.2, -0.15) is 0 Å². The molecule has 0 aromatic heterocycles. The fraction of sp³-hybridized carbons (Fsp3) is 0.167. The van der Waals surface area contributed by atoms with E-state index >= 15 is 0 Å². The van der Waals surface area contributed by atoms with E-state index < -0.39 is 0 Å². The van der Waals surface area contributed by atoms with Gasteiger partial charge in [-0.15, -0.1) is 11.8 Å². The van der Waals surface area contributed by atoms with E-state index in [9.17, 15) is 9.59 Å². The summed E-state index contributed by atoms with van der Waals surface area (Å²) >= 11 is 7.43. The monoisotopic (exact) mass is 454 g/mol. The first-order valence-electron chi connectivity index (χ1n) is 9.69. The minimum absolute atomic E-state index is 0.0906. The molecule has 0 aliphatic carbocycles. The van der Waals surface area contributed by atoms with Crippen molar-refractivity contribution >= 4 is 46.6 Å². The molecule has 0 aliphatic rings. The lowest BCUT2D eigenvalue weighted by Gasteiger charge is -2.15. The average Bonchev–Trinajstić information content (AvgIpc) is 2.74. The largest absolute Gasteiger partial charge is 0.495 e. The number of amides is 2. The maximum absolute atomic E-state index is 12.7. The highest BCUT2D eigenvalue weighted by molar-refractivity contribution is 8.00. The Morgan fingerprint density at radius 1 is 1.00 bits per heavy atom. The van der Waals surface area contributed by atoms with Crippen molar-refractivity contribution in [2.45, 2.75) is 23.5 Å². The quantitative estimate of drug-likeness (QED) is 0.431. The molecule has 0 bridgehead atoms. The number of anilines is 2. The topological polar surface area (TPSA) is 67.4 Å². The second kappa shape index (κ2) is 10.9. The fourth-order valence-electron chi connectivity index (χ4n) is 2.90. The molecule has 0 fully saturated rings. The molecular weight excluding hydrogens is 432 g/mol. The zero-order valence-electron chi connectivity index (χ0n) is 17.2. The molecule has 3 rings (SSSR count). The highest BCUT2D eigenvalue weighted by Gasteiger charge is 2.17. The number of ether oxygens (including phenoxy) is 1. The summed E-state index contributed by atoms with van der Waals surface area (Å²) < 4.78 is 5.27. The van der Waals surface area contributed by atoms with Crippen molar-refractivity contribution in [1.82, 2.24) is 0 Å². The Morgan fingerprint density at radius 2 is 1.77 bits per heavy atom. The Bertz CT molecular complexity index is 1060. The van der Waals surface area contributed by atoms with E-state index in [2.05, 4.69) is 10.6 Å². The van der Waals surface area contributed by atoms with Crippen molar-refractivity contribution in [1.29, 1.82) is 0 Å². The average molecular weight is 455 g/mol. The number of carbonyl (C=O) groups excluding carboxylic acids is 2. The highest BCUT2D eigenvalue weighted by Crippen LogP contribution is 2.30. The van der Waals surface area contributed by atoms with E-state index in [1.54, 1.807) is 18.2 Å². The number of benzene rings is 3. The van der Waals surface area contributed by atoms with Crippen molar-refractivity contribution in [3.8, 4) is 5.75 Å². The number of nitrogens with one attached hydrogen (secondary N) is 2. The molecule has 31 heavy (non-hydrogen) atoms. The molecule has 160 valence electrons. The van der Waals surface area contributed by atoms with Crippen LogP contribution in [0.2, 0.25) is 5.02 Å². The van der Waals surface area contributed by atoms with Crippen LogP contribution < -0.4 is 15.4 Å². The third-order valence-corrected chi connectivity index (χ3v) is 5.76. The van der Waals surface area contributed by atoms with Crippen molar-refractivity contribution in [2.75, 3.05) is 17.7 Å². The molecular formula is C24H23ClN2O3S. The molecule has 7 heteroatoms. The number of carbonyl (C=O) groups is 2. The summed E-state index contributed by atoms with van der Waals surface area (Å²) in [6, 6.07) is 22.1. The predicted octanol–water partition coefficient (Wildman–Crippen LogP) is 5.65. The Morgan fingerprint density at radius 3 is 2.52 bits per heavy atom. The molecule has 0 heterocycles. The Kier molecular flexibility index (Phi) is 7.98. The van der Waals surface area contributed by atoms with Gasteiger partial charge in [0.15, 0.2) is 0 Å². The Balaban J connectivity index is 1.60. The number of hydrogen-bond acceptors (Lipinski definition) is 4. The summed E-state index contributed by atoms with van der Waals surface area (Å²) in [4.78, 5) is 25.8. The molecule has 0 saturated heterocycles. The summed E-state index contributed by atoms with van der Waals surface area (Å²) in [6.45, 7) is 1.82. The SMILES string of the molecule is COc1ccc(Cl)cc1NC(=O)C(C)Sc1cccc(NC(=O)Cc2ccccc2)c1. The van der Waals surface area contributed by atoms with E-state index in [0.29, 0.717) is 28.6 Å². The number of methoxy groups -OCH3 is 1. The molecule has 0 radical (unpaired) electrons. The lowest BCUT2D eigenvalue weighted by atomic mass is 10.1. The van der Waals surface area contributed by atoms with Gasteiger partial charge in [0.05, 0.1) is 24.5 Å². The summed E-state index contributed by atoms with van der Waals surface area (Å²) in [7, 11) is 1.54. The molecule has 0 aliphatic heterocycles. The molecule has 2 amide bonds. The van der Waals surface area contributed by atoms with Gasteiger partial charge in [0, 0.05) is 15.6 Å². The fourth-order valence-corrected chi connectivity index (χ4v) is 4.00. The van der Waals surface area contributed by atoms with Crippen molar-refractivity contribution in [3.63, 3.8) is 0 Å². The van der Waals surface area contributed by atoms with Crippen molar-refractivity contribution in [3.05, 3.63) is 83.4 Å². The van der Waals surface area contributed by atoms with Gasteiger partial charge >= 0.3 is 0 Å². The van der Waals surface area contributed by atoms with E-state index in [4.69, 9.17) is 16.3 Å². The van der Waals surface area contributed by atoms with Crippen LogP contribution >= 0.6 is 23.4 Å². The molecule has 2 N–H and O–H groups in total. The summed E-state index contributed by atoms with van der Waals surface area (Å²) in [5.74, 6) is 0.273. The van der Waals surface area contributed by atoms with Crippen LogP contribution in [0.5, 0.6) is 5.75 Å². The van der Waals surface area contributed by atoms with Gasteiger partial charge in [0.1, 0.15) is 5.75 Å². The normalized spacial score (nSPS) is 11.5. The standard InChI is InChI=1S/C24H23ClN2O3S/c1-16(24(29)27-21-14-18(25)11-12-22(21)30-2)31-20-10-6-9-19(15-20)26-23(28)13-17-7-4-3-5-8-17/h3-12,14-16H,13H2,1-2H3,(H,26,28)(H,27,29). The van der Waals surface area contributed by atoms with Crippen LogP contribution in [-0.2, 0) is 16.0 Å². The van der Waals surface area contributed by atoms with E-state index in [1.165, 1.54) is 18.9 Å². The predicted molar refractivity (Wildman–Crippen MR) is 127 cm³/mol. The third kappa shape index (κ3) is 6.77. The van der Waals surface area contributed by atoms with E-state index in [0.717, 1.165) is 10.5 Å². The van der Waals surface area contributed by atoms with Gasteiger partial charge in [-0.1, -0.05) is 48.0 Å². The van der Waals surface area contributed by atoms with Gasteiger partial charge in [-0.05, 0) is 48.9 Å². The molecule has 3 aromatic rings. The first-order chi connectivity index (χ1) is 14.9. The van der Waals surface area contributed by atoms with Gasteiger partial charge in [-0.25, -0.2) is 0 Å². The molecule has 0 spiro atoms. The summed E-state index contributed by atoms with van der Waals surface area (Å²) in [6.07, 6.45) is 0.304. The number of thioether (sulfide) groups is 1. The molecule has 1 unspecified atom stereocenters. The lowest BCUT2D eigenvalue weighted by Crippen LogP contribution is -2.22. The van der Waals surface area contributed by atoms with Gasteiger partial charge in [-0.3, -0.25) is 9.59 Å². The lowest BCUT2D eigenvalue weighted by molar-refractivity contribution is -0.116. The minimum Gasteiger partial charge on any atom is -0.495 e. The first kappa shape index (κ1) is 22.7. The second-order valence-electron chi connectivity index (χ2n) is 6.83. The first-order valence-corrected chi connectivity index (χ1v) is 11.0. The van der Waals surface area contributed by atoms with Crippen molar-refractivity contribution in [2.24, 2.45) is 0 Å². The number of hydrogen-bond donors (Lipinski definition) is 2. The van der Waals surface area contributed by atoms with Gasteiger partial charge < -0.3 is 15.4 Å². The van der Waals surface area contributed by atoms with Crippen molar-refractivity contribution < 1.29 is 14.3 Å².